The molecule has 1 aromatic rings. The third kappa shape index (κ3) is 2.60. The van der Waals surface area contributed by atoms with Gasteiger partial charge in [0.2, 0.25) is 0 Å². The molecule has 0 unspecified atom stereocenters. The third-order valence-electron chi connectivity index (χ3n) is 2.99. The highest BCUT2D eigenvalue weighted by molar-refractivity contribution is 9.11. The van der Waals surface area contributed by atoms with Crippen molar-refractivity contribution < 1.29 is 17.9 Å². The lowest BCUT2D eigenvalue weighted by Gasteiger charge is -2.31. The summed E-state index contributed by atoms with van der Waals surface area (Å²) in [6.07, 6.45) is -1.31. The number of rotatable bonds is 5. The summed E-state index contributed by atoms with van der Waals surface area (Å²) in [5, 5.41) is 10.2. The topological polar surface area (TPSA) is 54.4 Å². The first-order valence-corrected chi connectivity index (χ1v) is 8.08. The van der Waals surface area contributed by atoms with Crippen LogP contribution in [0.15, 0.2) is 24.3 Å². The van der Waals surface area contributed by atoms with Crippen molar-refractivity contribution in [2.75, 3.05) is 5.75 Å². The van der Waals surface area contributed by atoms with Crippen LogP contribution in [0.5, 0.6) is 0 Å². The van der Waals surface area contributed by atoms with Gasteiger partial charge in [0, 0.05) is 11.3 Å². The zero-order chi connectivity index (χ0) is 14.0. The minimum Gasteiger partial charge on any atom is -0.386 e. The molecule has 0 bridgehead atoms. The highest BCUT2D eigenvalue weighted by Gasteiger charge is 2.46. The Labute approximate surface area is 115 Å². The van der Waals surface area contributed by atoms with Crippen molar-refractivity contribution in [1.29, 1.82) is 0 Å². The number of hydrogen-bond donors (Lipinski definition) is 1. The SMILES string of the molecule is CC[C@@](Br)([C@H](O)c1ccccc1F)S(=O)(=O)CC. The van der Waals surface area contributed by atoms with Crippen LogP contribution in [0.2, 0.25) is 0 Å². The van der Waals surface area contributed by atoms with E-state index >= 15 is 0 Å². The minimum atomic E-state index is -3.57. The molecule has 0 saturated carbocycles. The monoisotopic (exact) mass is 338 g/mol. The number of aliphatic hydroxyl groups is 1. The van der Waals surface area contributed by atoms with Crippen molar-refractivity contribution in [3.8, 4) is 0 Å². The van der Waals surface area contributed by atoms with Crippen molar-refractivity contribution in [1.82, 2.24) is 0 Å². The van der Waals surface area contributed by atoms with Crippen LogP contribution in [0.1, 0.15) is 31.9 Å². The van der Waals surface area contributed by atoms with E-state index in [-0.39, 0.29) is 17.7 Å². The Morgan fingerprint density at radius 3 is 2.39 bits per heavy atom. The van der Waals surface area contributed by atoms with Crippen LogP contribution in [0.3, 0.4) is 0 Å². The van der Waals surface area contributed by atoms with E-state index in [0.717, 1.165) is 0 Å². The summed E-state index contributed by atoms with van der Waals surface area (Å²) in [5.41, 5.74) is -0.0201. The summed E-state index contributed by atoms with van der Waals surface area (Å²) < 4.78 is 36.2. The van der Waals surface area contributed by atoms with Crippen molar-refractivity contribution in [3.63, 3.8) is 0 Å². The molecule has 2 atom stereocenters. The first kappa shape index (κ1) is 15.6. The van der Waals surface area contributed by atoms with Crippen LogP contribution in [-0.4, -0.2) is 22.9 Å². The van der Waals surface area contributed by atoms with E-state index in [4.69, 9.17) is 0 Å². The Morgan fingerprint density at radius 2 is 1.94 bits per heavy atom. The Hall–Kier alpha value is -0.460. The number of sulfone groups is 1. The lowest BCUT2D eigenvalue weighted by atomic mass is 10.0. The second-order valence-corrected chi connectivity index (χ2v) is 8.44. The summed E-state index contributed by atoms with van der Waals surface area (Å²) in [7, 11) is -3.57. The molecule has 1 aromatic carbocycles. The molecular formula is C12H16BrFO3S. The molecular weight excluding hydrogens is 323 g/mol. The Morgan fingerprint density at radius 1 is 1.39 bits per heavy atom. The molecule has 6 heteroatoms. The lowest BCUT2D eigenvalue weighted by molar-refractivity contribution is 0.155. The number of aliphatic hydroxyl groups excluding tert-OH is 1. The van der Waals surface area contributed by atoms with Gasteiger partial charge in [0.1, 0.15) is 11.9 Å². The smallest absolute Gasteiger partial charge is 0.168 e. The van der Waals surface area contributed by atoms with E-state index in [1.54, 1.807) is 13.0 Å². The summed E-state index contributed by atoms with van der Waals surface area (Å²) >= 11 is 3.10. The molecule has 0 aromatic heterocycles. The van der Waals surface area contributed by atoms with Crippen LogP contribution in [0, 0.1) is 5.82 Å². The summed E-state index contributed by atoms with van der Waals surface area (Å²) in [4.78, 5) is 0. The molecule has 18 heavy (non-hydrogen) atoms. The maximum Gasteiger partial charge on any atom is 0.168 e. The maximum absolute atomic E-state index is 13.6. The van der Waals surface area contributed by atoms with Crippen LogP contribution in [0.4, 0.5) is 4.39 Å². The molecule has 0 saturated heterocycles. The minimum absolute atomic E-state index is 0.0201. The lowest BCUT2D eigenvalue weighted by Crippen LogP contribution is -2.39. The van der Waals surface area contributed by atoms with Gasteiger partial charge in [-0.1, -0.05) is 48.0 Å². The average Bonchev–Trinajstić information content (AvgIpc) is 2.37. The predicted molar refractivity (Wildman–Crippen MR) is 72.8 cm³/mol. The van der Waals surface area contributed by atoms with E-state index in [1.165, 1.54) is 25.1 Å². The van der Waals surface area contributed by atoms with Gasteiger partial charge in [0.05, 0.1) is 0 Å². The first-order valence-electron chi connectivity index (χ1n) is 5.63. The van der Waals surface area contributed by atoms with E-state index < -0.39 is 25.4 Å². The standard InChI is InChI=1S/C12H16BrFO3S/c1-3-12(13,18(16,17)4-2)11(15)9-7-5-6-8-10(9)14/h5-8,11,15H,3-4H2,1-2H3/t11-,12+/m1/s1. The van der Waals surface area contributed by atoms with Crippen molar-refractivity contribution >= 4 is 25.8 Å². The van der Waals surface area contributed by atoms with E-state index in [0.29, 0.717) is 0 Å². The van der Waals surface area contributed by atoms with Crippen LogP contribution in [-0.2, 0) is 9.84 Å². The first-order chi connectivity index (χ1) is 8.30. The summed E-state index contributed by atoms with van der Waals surface area (Å²) in [6.45, 7) is 3.13. The third-order valence-corrected chi connectivity index (χ3v) is 7.77. The number of alkyl halides is 1. The fourth-order valence-electron chi connectivity index (χ4n) is 1.75. The summed E-state index contributed by atoms with van der Waals surface area (Å²) in [6, 6.07) is 5.63. The highest BCUT2D eigenvalue weighted by Crippen LogP contribution is 2.42. The molecule has 0 aliphatic rings. The van der Waals surface area contributed by atoms with Gasteiger partial charge in [-0.15, -0.1) is 0 Å². The quantitative estimate of drug-likeness (QED) is 0.840. The van der Waals surface area contributed by atoms with Crippen LogP contribution < -0.4 is 0 Å². The van der Waals surface area contributed by atoms with Crippen molar-refractivity contribution in [2.45, 2.75) is 30.0 Å². The summed E-state index contributed by atoms with van der Waals surface area (Å²) in [5.74, 6) is -0.744. The predicted octanol–water partition coefficient (Wildman–Crippen LogP) is 2.80. The molecule has 1 rings (SSSR count). The molecule has 0 spiro atoms. The number of halogens is 2. The van der Waals surface area contributed by atoms with Gasteiger partial charge >= 0.3 is 0 Å². The maximum atomic E-state index is 13.6. The molecule has 3 nitrogen and oxygen atoms in total. The zero-order valence-corrected chi connectivity index (χ0v) is 12.6. The Balaban J connectivity index is 3.31. The van der Waals surface area contributed by atoms with E-state index in [2.05, 4.69) is 15.9 Å². The average molecular weight is 339 g/mol. The second-order valence-electron chi connectivity index (χ2n) is 3.97. The number of hydrogen-bond acceptors (Lipinski definition) is 3. The molecule has 0 aliphatic heterocycles. The zero-order valence-electron chi connectivity index (χ0n) is 10.2. The molecule has 1 N–H and O–H groups in total. The van der Waals surface area contributed by atoms with E-state index in [1.807, 2.05) is 0 Å². The van der Waals surface area contributed by atoms with Gasteiger partial charge in [-0.25, -0.2) is 12.8 Å². The van der Waals surface area contributed by atoms with Crippen LogP contribution in [0.25, 0.3) is 0 Å². The molecule has 0 radical (unpaired) electrons. The highest BCUT2D eigenvalue weighted by atomic mass is 79.9. The number of benzene rings is 1. The normalized spacial score (nSPS) is 17.2. The van der Waals surface area contributed by atoms with Gasteiger partial charge in [0.15, 0.2) is 13.5 Å². The molecule has 0 aliphatic carbocycles. The molecule has 0 fully saturated rings. The van der Waals surface area contributed by atoms with Gasteiger partial charge in [-0.3, -0.25) is 0 Å². The Kier molecular flexibility index (Phi) is 4.91. The van der Waals surface area contributed by atoms with E-state index in [9.17, 15) is 17.9 Å². The van der Waals surface area contributed by atoms with Gasteiger partial charge in [-0.2, -0.15) is 0 Å². The second kappa shape index (κ2) is 5.67. The Bertz CT molecular complexity index is 518. The van der Waals surface area contributed by atoms with Crippen LogP contribution >= 0.6 is 15.9 Å². The van der Waals surface area contributed by atoms with Gasteiger partial charge in [0.25, 0.3) is 0 Å². The molecule has 0 heterocycles. The van der Waals surface area contributed by atoms with Gasteiger partial charge < -0.3 is 5.11 Å². The largest absolute Gasteiger partial charge is 0.386 e. The van der Waals surface area contributed by atoms with Gasteiger partial charge in [-0.05, 0) is 12.5 Å². The fourth-order valence-corrected chi connectivity index (χ4v) is 4.07. The van der Waals surface area contributed by atoms with Crippen molar-refractivity contribution in [2.24, 2.45) is 0 Å². The molecule has 0 amide bonds. The molecule has 102 valence electrons. The fraction of sp³-hybridized carbons (Fsp3) is 0.500. The van der Waals surface area contributed by atoms with Crippen molar-refractivity contribution in [3.05, 3.63) is 35.6 Å².